The van der Waals surface area contributed by atoms with Crippen LogP contribution in [0.1, 0.15) is 46.7 Å². The number of nitriles is 1. The van der Waals surface area contributed by atoms with Gasteiger partial charge in [-0.3, -0.25) is 9.59 Å². The van der Waals surface area contributed by atoms with E-state index in [0.29, 0.717) is 48.8 Å². The molecule has 0 saturated heterocycles. The van der Waals surface area contributed by atoms with Crippen molar-refractivity contribution in [2.45, 2.75) is 37.3 Å². The third kappa shape index (κ3) is 6.08. The number of nitrogens with zero attached hydrogens (tertiary/aromatic N) is 3. The molecule has 0 unspecified atom stereocenters. The number of hydrogen-bond acceptors (Lipinski definition) is 7. The highest BCUT2D eigenvalue weighted by Crippen LogP contribution is 2.40. The molecule has 1 fully saturated rings. The first-order valence-electron chi connectivity index (χ1n) is 13.2. The molecule has 10 nitrogen and oxygen atoms in total. The van der Waals surface area contributed by atoms with Crippen LogP contribution in [-0.4, -0.2) is 74.2 Å². The normalized spacial score (nSPS) is 21.2. The van der Waals surface area contributed by atoms with E-state index in [1.54, 1.807) is 12.1 Å². The number of carbonyl (C=O) groups excluding carboxylic acids is 2. The zero-order valence-corrected chi connectivity index (χ0v) is 22.9. The minimum atomic E-state index is -3.73. The Morgan fingerprint density at radius 2 is 1.88 bits per heavy atom. The van der Waals surface area contributed by atoms with Crippen molar-refractivity contribution < 1.29 is 22.4 Å². The number of rotatable bonds is 10. The van der Waals surface area contributed by atoms with E-state index in [0.717, 1.165) is 28.2 Å². The second-order valence-corrected chi connectivity index (χ2v) is 12.2. The molecule has 0 bridgehead atoms. The lowest BCUT2D eigenvalue weighted by Crippen LogP contribution is -2.54. The molecule has 2 amide bonds. The fraction of sp³-hybridized carbons (Fsp3) is 0.393. The van der Waals surface area contributed by atoms with E-state index >= 15 is 0 Å². The van der Waals surface area contributed by atoms with Gasteiger partial charge in [-0.15, -0.1) is 4.41 Å². The van der Waals surface area contributed by atoms with Crippen LogP contribution in [0.25, 0.3) is 0 Å². The van der Waals surface area contributed by atoms with Crippen LogP contribution in [0.2, 0.25) is 0 Å². The third-order valence-corrected chi connectivity index (χ3v) is 8.54. The predicted octanol–water partition coefficient (Wildman–Crippen LogP) is 1.60. The molecule has 3 N–H and O–H groups in total. The van der Waals surface area contributed by atoms with Crippen LogP contribution in [0.5, 0.6) is 0 Å². The third-order valence-electron chi connectivity index (χ3n) is 7.48. The van der Waals surface area contributed by atoms with Crippen LogP contribution in [0.15, 0.2) is 59.8 Å². The fourth-order valence-corrected chi connectivity index (χ4v) is 6.11. The molecule has 210 valence electrons. The van der Waals surface area contributed by atoms with Gasteiger partial charge in [0.1, 0.15) is 11.9 Å². The van der Waals surface area contributed by atoms with Crippen LogP contribution in [-0.2, 0) is 14.8 Å². The van der Waals surface area contributed by atoms with E-state index in [9.17, 15) is 22.4 Å². The van der Waals surface area contributed by atoms with Gasteiger partial charge in [0, 0.05) is 30.6 Å². The van der Waals surface area contributed by atoms with E-state index in [1.165, 1.54) is 41.4 Å². The number of hydrogen-bond donors (Lipinski definition) is 3. The standard InChI is InChI=1S/C28H31FN6O4S/c1-40(38,39)34-17-21-15-31-16-26(21)35(34)28(37)24(33-27(36)20-6-4-18(14-30)5-7-20)3-2-12-32-25-13-23(25)19-8-10-22(29)11-9-19/h4-11,23-25,31-32H,2-3,12-13,15-17H2,1H3,(H,33,36)/t23-,24-,25+/m0/s1. The van der Waals surface area contributed by atoms with Gasteiger partial charge in [0.25, 0.3) is 11.8 Å². The lowest BCUT2D eigenvalue weighted by Gasteiger charge is -2.32. The Labute approximate surface area is 232 Å². The highest BCUT2D eigenvalue weighted by Gasteiger charge is 2.43. The van der Waals surface area contributed by atoms with Crippen molar-refractivity contribution in [3.05, 3.63) is 82.3 Å². The van der Waals surface area contributed by atoms with Crippen molar-refractivity contribution in [1.82, 2.24) is 25.4 Å². The zero-order chi connectivity index (χ0) is 28.4. The molecule has 12 heteroatoms. The van der Waals surface area contributed by atoms with Gasteiger partial charge >= 0.3 is 0 Å². The summed E-state index contributed by atoms with van der Waals surface area (Å²) in [6, 6.07) is 13.8. The summed E-state index contributed by atoms with van der Waals surface area (Å²) in [5, 5.41) is 19.7. The molecule has 3 aliphatic rings. The molecule has 2 aromatic rings. The van der Waals surface area contributed by atoms with Gasteiger partial charge < -0.3 is 16.0 Å². The smallest absolute Gasteiger partial charge is 0.264 e. The summed E-state index contributed by atoms with van der Waals surface area (Å²) in [7, 11) is -3.73. The zero-order valence-electron chi connectivity index (χ0n) is 22.1. The maximum Gasteiger partial charge on any atom is 0.264 e. The van der Waals surface area contributed by atoms with Crippen molar-refractivity contribution >= 4 is 21.8 Å². The topological polar surface area (TPSA) is 135 Å². The van der Waals surface area contributed by atoms with Gasteiger partial charge in [0.05, 0.1) is 30.1 Å². The first kappa shape index (κ1) is 27.9. The van der Waals surface area contributed by atoms with E-state index in [-0.39, 0.29) is 24.8 Å². The van der Waals surface area contributed by atoms with Crippen molar-refractivity contribution in [1.29, 1.82) is 5.26 Å². The summed E-state index contributed by atoms with van der Waals surface area (Å²) in [5.41, 5.74) is 3.21. The molecule has 5 rings (SSSR count). The van der Waals surface area contributed by atoms with E-state index in [1.807, 2.05) is 6.07 Å². The average Bonchev–Trinajstić information content (AvgIpc) is 3.38. The lowest BCUT2D eigenvalue weighted by molar-refractivity contribution is -0.138. The molecular weight excluding hydrogens is 535 g/mol. The Morgan fingerprint density at radius 1 is 1.15 bits per heavy atom. The molecule has 2 aromatic carbocycles. The number of amides is 2. The molecule has 2 heterocycles. The minimum absolute atomic E-state index is 0.0944. The molecule has 0 spiro atoms. The molecule has 3 atom stereocenters. The molecule has 1 saturated carbocycles. The SMILES string of the molecule is CS(=O)(=O)N1CC2=C(CNC2)N1C(=O)[C@H](CCCN[C@@H]1C[C@H]1c1ccc(F)cc1)NC(=O)c1ccc(C#N)cc1. The largest absolute Gasteiger partial charge is 0.340 e. The summed E-state index contributed by atoms with van der Waals surface area (Å²) in [6.45, 7) is 1.53. The summed E-state index contributed by atoms with van der Waals surface area (Å²) in [4.78, 5) is 27.0. The highest BCUT2D eigenvalue weighted by molar-refractivity contribution is 7.88. The monoisotopic (exact) mass is 566 g/mol. The van der Waals surface area contributed by atoms with E-state index < -0.39 is 27.9 Å². The van der Waals surface area contributed by atoms with Crippen molar-refractivity contribution in [3.8, 4) is 6.07 Å². The Balaban J connectivity index is 1.27. The van der Waals surface area contributed by atoms with Crippen LogP contribution < -0.4 is 16.0 Å². The molecule has 0 radical (unpaired) electrons. The number of benzene rings is 2. The second kappa shape index (κ2) is 11.5. The van der Waals surface area contributed by atoms with Crippen molar-refractivity contribution in [2.24, 2.45) is 0 Å². The van der Waals surface area contributed by atoms with Gasteiger partial charge in [-0.2, -0.15) is 5.26 Å². The first-order valence-corrected chi connectivity index (χ1v) is 15.0. The lowest BCUT2D eigenvalue weighted by atomic mass is 10.1. The number of nitrogens with one attached hydrogen (secondary N) is 3. The number of halogens is 1. The van der Waals surface area contributed by atoms with Crippen LogP contribution in [0, 0.1) is 17.1 Å². The van der Waals surface area contributed by atoms with Gasteiger partial charge in [-0.1, -0.05) is 12.1 Å². The predicted molar refractivity (Wildman–Crippen MR) is 145 cm³/mol. The second-order valence-electron chi connectivity index (χ2n) is 10.4. The average molecular weight is 567 g/mol. The Kier molecular flexibility index (Phi) is 8.00. The molecule has 0 aromatic heterocycles. The van der Waals surface area contributed by atoms with E-state index in [4.69, 9.17) is 5.26 Å². The first-order chi connectivity index (χ1) is 19.2. The van der Waals surface area contributed by atoms with Crippen LogP contribution in [0.4, 0.5) is 4.39 Å². The van der Waals surface area contributed by atoms with Crippen LogP contribution in [0.3, 0.4) is 0 Å². The molecule has 40 heavy (non-hydrogen) atoms. The Hall–Kier alpha value is -3.63. The molecular formula is C28H31FN6O4S. The minimum Gasteiger partial charge on any atom is -0.340 e. The van der Waals surface area contributed by atoms with Gasteiger partial charge in [0.2, 0.25) is 10.0 Å². The number of carbonyl (C=O) groups is 2. The number of hydrazine groups is 1. The van der Waals surface area contributed by atoms with Crippen LogP contribution >= 0.6 is 0 Å². The van der Waals surface area contributed by atoms with Crippen molar-refractivity contribution in [3.63, 3.8) is 0 Å². The van der Waals surface area contributed by atoms with Gasteiger partial charge in [-0.05, 0) is 73.3 Å². The summed E-state index contributed by atoms with van der Waals surface area (Å²) < 4.78 is 39.4. The van der Waals surface area contributed by atoms with Gasteiger partial charge in [0.15, 0.2) is 0 Å². The molecule has 2 aliphatic heterocycles. The quantitative estimate of drug-likeness (QED) is 0.372. The molecule has 1 aliphatic carbocycles. The number of sulfonamides is 1. The fourth-order valence-electron chi connectivity index (χ4n) is 5.24. The summed E-state index contributed by atoms with van der Waals surface area (Å²) in [6.07, 6.45) is 2.83. The van der Waals surface area contributed by atoms with E-state index in [2.05, 4.69) is 16.0 Å². The Morgan fingerprint density at radius 3 is 2.55 bits per heavy atom. The maximum absolute atomic E-state index is 13.9. The van der Waals surface area contributed by atoms with Gasteiger partial charge in [-0.25, -0.2) is 17.8 Å². The summed E-state index contributed by atoms with van der Waals surface area (Å²) in [5.74, 6) is -0.964. The Bertz CT molecular complexity index is 1470. The highest BCUT2D eigenvalue weighted by atomic mass is 32.2. The maximum atomic E-state index is 13.9. The summed E-state index contributed by atoms with van der Waals surface area (Å²) >= 11 is 0. The van der Waals surface area contributed by atoms with Crippen molar-refractivity contribution in [2.75, 3.05) is 32.4 Å².